The van der Waals surface area contributed by atoms with E-state index in [1.807, 2.05) is 0 Å². The van der Waals surface area contributed by atoms with Gasteiger partial charge in [-0.3, -0.25) is 0 Å². The largest absolute Gasteiger partial charge is 0.384 e. The summed E-state index contributed by atoms with van der Waals surface area (Å²) in [7, 11) is 0. The zero-order chi connectivity index (χ0) is 8.48. The van der Waals surface area contributed by atoms with Crippen LogP contribution in [0.2, 0.25) is 0 Å². The van der Waals surface area contributed by atoms with Gasteiger partial charge in [-0.05, 0) is 32.6 Å². The van der Waals surface area contributed by atoms with Crippen LogP contribution < -0.4 is 5.32 Å². The highest BCUT2D eigenvalue weighted by Gasteiger charge is 2.24. The maximum absolute atomic E-state index is 3.53. The first-order valence-electron chi connectivity index (χ1n) is 4.52. The zero-order valence-corrected chi connectivity index (χ0v) is 8.07. The van der Waals surface area contributed by atoms with Crippen molar-refractivity contribution in [1.82, 2.24) is 5.32 Å². The lowest BCUT2D eigenvalue weighted by Crippen LogP contribution is -2.42. The highest BCUT2D eigenvalue weighted by Crippen LogP contribution is 2.25. The van der Waals surface area contributed by atoms with E-state index in [-0.39, 0.29) is 0 Å². The third kappa shape index (κ3) is 2.25. The van der Waals surface area contributed by atoms with E-state index in [9.17, 15) is 0 Å². The lowest BCUT2D eigenvalue weighted by atomic mass is 9.87. The standard InChI is InChI=1S/C10H19N/c1-5-9-6-8(2)7-10(3,4)11-9/h6,8,11H,5,7H2,1-4H3. The molecule has 1 rings (SSSR count). The van der Waals surface area contributed by atoms with Gasteiger partial charge in [0.1, 0.15) is 0 Å². The van der Waals surface area contributed by atoms with Crippen molar-refractivity contribution in [3.8, 4) is 0 Å². The van der Waals surface area contributed by atoms with E-state index in [1.165, 1.54) is 12.1 Å². The maximum Gasteiger partial charge on any atom is 0.0320 e. The lowest BCUT2D eigenvalue weighted by molar-refractivity contribution is 0.331. The average molecular weight is 153 g/mol. The molecular weight excluding hydrogens is 134 g/mol. The van der Waals surface area contributed by atoms with Crippen molar-refractivity contribution in [3.63, 3.8) is 0 Å². The first-order valence-corrected chi connectivity index (χ1v) is 4.52. The molecule has 0 aromatic rings. The van der Waals surface area contributed by atoms with Crippen LogP contribution in [0.25, 0.3) is 0 Å². The average Bonchev–Trinajstić information content (AvgIpc) is 1.83. The normalized spacial score (nSPS) is 29.1. The minimum absolute atomic E-state index is 0.305. The summed E-state index contributed by atoms with van der Waals surface area (Å²) in [4.78, 5) is 0. The molecule has 0 saturated heterocycles. The number of hydrogen-bond donors (Lipinski definition) is 1. The van der Waals surface area contributed by atoms with Gasteiger partial charge in [-0.2, -0.15) is 0 Å². The third-order valence-electron chi connectivity index (χ3n) is 2.20. The quantitative estimate of drug-likeness (QED) is 0.610. The molecule has 1 aliphatic heterocycles. The van der Waals surface area contributed by atoms with Crippen LogP contribution >= 0.6 is 0 Å². The van der Waals surface area contributed by atoms with Crippen LogP contribution in [0.15, 0.2) is 11.8 Å². The molecule has 1 N–H and O–H groups in total. The van der Waals surface area contributed by atoms with Crippen molar-refractivity contribution >= 4 is 0 Å². The Morgan fingerprint density at radius 1 is 1.64 bits per heavy atom. The summed E-state index contributed by atoms with van der Waals surface area (Å²) in [6, 6.07) is 0. The van der Waals surface area contributed by atoms with Crippen molar-refractivity contribution in [1.29, 1.82) is 0 Å². The first kappa shape index (κ1) is 8.63. The molecule has 0 aromatic heterocycles. The zero-order valence-electron chi connectivity index (χ0n) is 8.07. The molecule has 1 nitrogen and oxygen atoms in total. The minimum atomic E-state index is 0.305. The predicted octanol–water partition coefficient (Wildman–Crippen LogP) is 2.69. The van der Waals surface area contributed by atoms with Crippen molar-refractivity contribution in [2.24, 2.45) is 5.92 Å². The Balaban J connectivity index is 2.70. The van der Waals surface area contributed by atoms with Crippen LogP contribution in [-0.4, -0.2) is 5.54 Å². The number of nitrogens with one attached hydrogen (secondary N) is 1. The second-order valence-electron chi connectivity index (χ2n) is 4.24. The Bertz CT molecular complexity index is 168. The van der Waals surface area contributed by atoms with Gasteiger partial charge in [-0.25, -0.2) is 0 Å². The second kappa shape index (κ2) is 2.88. The van der Waals surface area contributed by atoms with Gasteiger partial charge in [-0.1, -0.05) is 19.9 Å². The number of allylic oxidation sites excluding steroid dienone is 2. The second-order valence-corrected chi connectivity index (χ2v) is 4.24. The Morgan fingerprint density at radius 2 is 2.27 bits per heavy atom. The molecule has 1 unspecified atom stereocenters. The fourth-order valence-corrected chi connectivity index (χ4v) is 1.94. The fraction of sp³-hybridized carbons (Fsp3) is 0.800. The molecule has 1 atom stereocenters. The van der Waals surface area contributed by atoms with E-state index >= 15 is 0 Å². The van der Waals surface area contributed by atoms with Crippen molar-refractivity contribution in [3.05, 3.63) is 11.8 Å². The molecule has 11 heavy (non-hydrogen) atoms. The van der Waals surface area contributed by atoms with Gasteiger partial charge in [0.25, 0.3) is 0 Å². The molecule has 1 heterocycles. The molecule has 0 fully saturated rings. The summed E-state index contributed by atoms with van der Waals surface area (Å²) >= 11 is 0. The van der Waals surface area contributed by atoms with E-state index in [4.69, 9.17) is 0 Å². The van der Waals surface area contributed by atoms with E-state index in [0.717, 1.165) is 12.3 Å². The fourth-order valence-electron chi connectivity index (χ4n) is 1.94. The summed E-state index contributed by atoms with van der Waals surface area (Å²) in [6.45, 7) is 9.03. The molecule has 0 aromatic carbocycles. The molecule has 1 aliphatic rings. The molecule has 0 saturated carbocycles. The van der Waals surface area contributed by atoms with Gasteiger partial charge in [-0.15, -0.1) is 0 Å². The van der Waals surface area contributed by atoms with Gasteiger partial charge < -0.3 is 5.32 Å². The molecule has 0 aliphatic carbocycles. The predicted molar refractivity (Wildman–Crippen MR) is 49.4 cm³/mol. The van der Waals surface area contributed by atoms with Gasteiger partial charge in [0.2, 0.25) is 0 Å². The Morgan fingerprint density at radius 3 is 2.73 bits per heavy atom. The molecular formula is C10H19N. The Kier molecular flexibility index (Phi) is 2.26. The molecule has 0 spiro atoms. The number of hydrogen-bond acceptors (Lipinski definition) is 1. The summed E-state index contributed by atoms with van der Waals surface area (Å²) in [5, 5.41) is 3.53. The van der Waals surface area contributed by atoms with Crippen molar-refractivity contribution in [2.75, 3.05) is 0 Å². The first-order chi connectivity index (χ1) is 5.03. The van der Waals surface area contributed by atoms with E-state index in [2.05, 4.69) is 39.1 Å². The van der Waals surface area contributed by atoms with Crippen molar-refractivity contribution in [2.45, 2.75) is 46.1 Å². The number of rotatable bonds is 1. The lowest BCUT2D eigenvalue weighted by Gasteiger charge is -2.35. The highest BCUT2D eigenvalue weighted by molar-refractivity contribution is 5.10. The minimum Gasteiger partial charge on any atom is -0.384 e. The van der Waals surface area contributed by atoms with E-state index in [1.54, 1.807) is 0 Å². The van der Waals surface area contributed by atoms with Crippen LogP contribution in [0.3, 0.4) is 0 Å². The van der Waals surface area contributed by atoms with Gasteiger partial charge in [0.15, 0.2) is 0 Å². The SMILES string of the molecule is CCC1=CC(C)CC(C)(C)N1. The topological polar surface area (TPSA) is 12.0 Å². The van der Waals surface area contributed by atoms with Crippen LogP contribution in [0.1, 0.15) is 40.5 Å². The van der Waals surface area contributed by atoms with Gasteiger partial charge >= 0.3 is 0 Å². The van der Waals surface area contributed by atoms with Crippen LogP contribution in [0, 0.1) is 5.92 Å². The van der Waals surface area contributed by atoms with E-state index in [0.29, 0.717) is 5.54 Å². The maximum atomic E-state index is 3.53. The van der Waals surface area contributed by atoms with Crippen molar-refractivity contribution < 1.29 is 0 Å². The molecule has 0 radical (unpaired) electrons. The van der Waals surface area contributed by atoms with Crippen LogP contribution in [-0.2, 0) is 0 Å². The molecule has 0 amide bonds. The van der Waals surface area contributed by atoms with Gasteiger partial charge in [0, 0.05) is 11.2 Å². The smallest absolute Gasteiger partial charge is 0.0320 e. The summed E-state index contributed by atoms with van der Waals surface area (Å²) < 4.78 is 0. The molecule has 64 valence electrons. The Labute approximate surface area is 69.9 Å². The molecule has 0 bridgehead atoms. The summed E-state index contributed by atoms with van der Waals surface area (Å²) in [5.41, 5.74) is 1.72. The highest BCUT2D eigenvalue weighted by atomic mass is 15.0. The summed E-state index contributed by atoms with van der Waals surface area (Å²) in [5.74, 6) is 0.737. The third-order valence-corrected chi connectivity index (χ3v) is 2.20. The summed E-state index contributed by atoms with van der Waals surface area (Å²) in [6.07, 6.45) is 4.73. The van der Waals surface area contributed by atoms with Crippen LogP contribution in [0.5, 0.6) is 0 Å². The monoisotopic (exact) mass is 153 g/mol. The van der Waals surface area contributed by atoms with Crippen LogP contribution in [0.4, 0.5) is 0 Å². The van der Waals surface area contributed by atoms with Gasteiger partial charge in [0.05, 0.1) is 0 Å². The van der Waals surface area contributed by atoms with E-state index < -0.39 is 0 Å². The molecule has 1 heteroatoms. The Hall–Kier alpha value is -0.460.